The fourth-order valence-corrected chi connectivity index (χ4v) is 2.47. The van der Waals surface area contributed by atoms with E-state index in [4.69, 9.17) is 4.42 Å². The zero-order valence-electron chi connectivity index (χ0n) is 13.8. The Labute approximate surface area is 148 Å². The fourth-order valence-electron chi connectivity index (χ4n) is 2.47. The topological polar surface area (TPSA) is 84.5 Å². The summed E-state index contributed by atoms with van der Waals surface area (Å²) in [5, 5.41) is 12.6. The van der Waals surface area contributed by atoms with E-state index in [-0.39, 0.29) is 30.0 Å². The van der Waals surface area contributed by atoms with E-state index >= 15 is 0 Å². The minimum absolute atomic E-state index is 0.233. The van der Waals surface area contributed by atoms with Crippen LogP contribution in [0.1, 0.15) is 28.6 Å². The van der Waals surface area contributed by atoms with Gasteiger partial charge in [-0.2, -0.15) is 0 Å². The maximum absolute atomic E-state index is 13.0. The third-order valence-corrected chi connectivity index (χ3v) is 3.85. The first kappa shape index (κ1) is 17.6. The van der Waals surface area contributed by atoms with E-state index in [0.717, 1.165) is 0 Å². The van der Waals surface area contributed by atoms with Gasteiger partial charge in [0.05, 0.1) is 11.8 Å². The Balaban J connectivity index is 1.67. The molecule has 1 aromatic carbocycles. The molecule has 0 bridgehead atoms. The van der Waals surface area contributed by atoms with Gasteiger partial charge in [0, 0.05) is 24.5 Å². The number of hydrogen-bond acceptors (Lipinski definition) is 4. The molecule has 0 radical (unpaired) electrons. The van der Waals surface area contributed by atoms with Crippen LogP contribution in [0, 0.1) is 5.82 Å². The Morgan fingerprint density at radius 3 is 2.65 bits per heavy atom. The summed E-state index contributed by atoms with van der Waals surface area (Å²) >= 11 is 0. The van der Waals surface area contributed by atoms with E-state index in [1.165, 1.54) is 53.4 Å². The molecule has 0 spiro atoms. The molecule has 0 aliphatic rings. The molecule has 1 unspecified atom stereocenters. The number of nitrogens with zero attached hydrogens (tertiary/aromatic N) is 1. The van der Waals surface area contributed by atoms with Crippen molar-refractivity contribution in [2.24, 2.45) is 0 Å². The Morgan fingerprint density at radius 1 is 1.19 bits per heavy atom. The van der Waals surface area contributed by atoms with Gasteiger partial charge >= 0.3 is 0 Å². The molecule has 134 valence electrons. The van der Waals surface area contributed by atoms with E-state index in [1.807, 2.05) is 0 Å². The Kier molecular flexibility index (Phi) is 5.28. The molecule has 2 N–H and O–H groups in total. The van der Waals surface area contributed by atoms with Crippen LogP contribution in [-0.4, -0.2) is 22.1 Å². The molecule has 0 saturated carbocycles. The van der Waals surface area contributed by atoms with Crippen molar-refractivity contribution in [2.45, 2.75) is 12.5 Å². The van der Waals surface area contributed by atoms with Crippen molar-refractivity contribution < 1.29 is 18.7 Å². The number of benzene rings is 1. The second kappa shape index (κ2) is 7.79. The number of hydrogen-bond donors (Lipinski definition) is 2. The molecule has 2 heterocycles. The van der Waals surface area contributed by atoms with Crippen molar-refractivity contribution in [3.63, 3.8) is 0 Å². The molecular weight excluding hydrogens is 339 g/mol. The third kappa shape index (κ3) is 4.07. The summed E-state index contributed by atoms with van der Waals surface area (Å²) in [6.45, 7) is 0.233. The quantitative estimate of drug-likeness (QED) is 0.710. The number of amides is 1. The monoisotopic (exact) mass is 356 g/mol. The van der Waals surface area contributed by atoms with Crippen molar-refractivity contribution in [2.75, 3.05) is 6.54 Å². The lowest BCUT2D eigenvalue weighted by Gasteiger charge is -2.11. The molecule has 2 aromatic heterocycles. The fraction of sp³-hybridized carbons (Fsp3) is 0.158. The predicted molar refractivity (Wildman–Crippen MR) is 92.6 cm³/mol. The van der Waals surface area contributed by atoms with Gasteiger partial charge in [-0.1, -0.05) is 0 Å². The number of carbonyl (C=O) groups excluding carboxylic acids is 1. The smallest absolute Gasteiger partial charge is 0.255 e. The summed E-state index contributed by atoms with van der Waals surface area (Å²) in [7, 11) is 0. The van der Waals surface area contributed by atoms with E-state index < -0.39 is 11.9 Å². The van der Waals surface area contributed by atoms with Crippen LogP contribution in [0.3, 0.4) is 0 Å². The summed E-state index contributed by atoms with van der Waals surface area (Å²) in [4.78, 5) is 24.3. The molecule has 3 rings (SSSR count). The van der Waals surface area contributed by atoms with Crippen LogP contribution >= 0.6 is 0 Å². The average Bonchev–Trinajstić information content (AvgIpc) is 3.17. The van der Waals surface area contributed by atoms with Crippen molar-refractivity contribution in [3.05, 3.63) is 88.5 Å². The van der Waals surface area contributed by atoms with Crippen LogP contribution in [0.2, 0.25) is 0 Å². The molecule has 0 saturated heterocycles. The van der Waals surface area contributed by atoms with Crippen molar-refractivity contribution >= 4 is 5.91 Å². The first-order chi connectivity index (χ1) is 12.5. The zero-order chi connectivity index (χ0) is 18.5. The first-order valence-electron chi connectivity index (χ1n) is 8.03. The molecule has 3 aromatic rings. The largest absolute Gasteiger partial charge is 0.467 e. The minimum atomic E-state index is -0.807. The Morgan fingerprint density at radius 2 is 1.96 bits per heavy atom. The van der Waals surface area contributed by atoms with Crippen LogP contribution in [0.25, 0.3) is 5.69 Å². The maximum atomic E-state index is 13.0. The number of halogens is 1. The van der Waals surface area contributed by atoms with Crippen LogP contribution < -0.4 is 10.9 Å². The number of carbonyl (C=O) groups is 1. The molecule has 0 aliphatic heterocycles. The summed E-state index contributed by atoms with van der Waals surface area (Å²) in [5.74, 6) is -0.359. The van der Waals surface area contributed by atoms with Crippen LogP contribution in [-0.2, 0) is 0 Å². The number of furan rings is 1. The highest BCUT2D eigenvalue weighted by Crippen LogP contribution is 2.16. The van der Waals surface area contributed by atoms with Gasteiger partial charge in [-0.25, -0.2) is 4.39 Å². The maximum Gasteiger partial charge on any atom is 0.255 e. The highest BCUT2D eigenvalue weighted by molar-refractivity contribution is 5.93. The second-order valence-corrected chi connectivity index (χ2v) is 5.68. The molecule has 1 amide bonds. The van der Waals surface area contributed by atoms with Crippen molar-refractivity contribution in [3.8, 4) is 5.69 Å². The normalized spacial score (nSPS) is 11.9. The van der Waals surface area contributed by atoms with Gasteiger partial charge in [0.15, 0.2) is 0 Å². The molecule has 6 nitrogen and oxygen atoms in total. The average molecular weight is 356 g/mol. The third-order valence-electron chi connectivity index (χ3n) is 3.85. The number of pyridine rings is 1. The van der Waals surface area contributed by atoms with Gasteiger partial charge in [0.1, 0.15) is 17.7 Å². The van der Waals surface area contributed by atoms with Gasteiger partial charge < -0.3 is 14.8 Å². The Bertz CT molecular complexity index is 933. The van der Waals surface area contributed by atoms with Gasteiger partial charge in [0.25, 0.3) is 11.5 Å². The first-order valence-corrected chi connectivity index (χ1v) is 8.03. The minimum Gasteiger partial charge on any atom is -0.467 e. The van der Waals surface area contributed by atoms with Gasteiger partial charge in [-0.3, -0.25) is 14.2 Å². The number of rotatable bonds is 6. The highest BCUT2D eigenvalue weighted by atomic mass is 19.1. The standard InChI is InChI=1S/C19H17FN2O4/c20-14-4-6-15(7-5-14)22-12-13(3-8-18(22)24)19(25)21-10-9-16(23)17-2-1-11-26-17/h1-8,11-12,16,23H,9-10H2,(H,21,25). The molecular formula is C19H17FN2O4. The van der Waals surface area contributed by atoms with E-state index in [9.17, 15) is 19.1 Å². The number of aliphatic hydroxyl groups excluding tert-OH is 1. The summed E-state index contributed by atoms with van der Waals surface area (Å²) in [6.07, 6.45) is 2.35. The lowest BCUT2D eigenvalue weighted by Crippen LogP contribution is -2.27. The van der Waals surface area contributed by atoms with E-state index in [0.29, 0.717) is 11.4 Å². The van der Waals surface area contributed by atoms with Gasteiger partial charge in [0.2, 0.25) is 0 Å². The number of aliphatic hydroxyl groups is 1. The summed E-state index contributed by atoms with van der Waals surface area (Å²) < 4.78 is 19.4. The highest BCUT2D eigenvalue weighted by Gasteiger charge is 2.12. The lowest BCUT2D eigenvalue weighted by molar-refractivity contribution is 0.0935. The SMILES string of the molecule is O=C(NCCC(O)c1ccco1)c1ccc(=O)n(-c2ccc(F)cc2)c1. The molecule has 1 atom stereocenters. The van der Waals surface area contributed by atoms with Gasteiger partial charge in [-0.15, -0.1) is 0 Å². The zero-order valence-corrected chi connectivity index (χ0v) is 13.8. The lowest BCUT2D eigenvalue weighted by atomic mass is 10.2. The van der Waals surface area contributed by atoms with Gasteiger partial charge in [-0.05, 0) is 48.9 Å². The second-order valence-electron chi connectivity index (χ2n) is 5.68. The number of aromatic nitrogens is 1. The molecule has 0 aliphatic carbocycles. The van der Waals surface area contributed by atoms with Crippen molar-refractivity contribution in [1.29, 1.82) is 0 Å². The number of nitrogens with one attached hydrogen (secondary N) is 1. The summed E-state index contributed by atoms with van der Waals surface area (Å²) in [5.41, 5.74) is 0.405. The van der Waals surface area contributed by atoms with Crippen LogP contribution in [0.5, 0.6) is 0 Å². The summed E-state index contributed by atoms with van der Waals surface area (Å²) in [6, 6.07) is 11.4. The van der Waals surface area contributed by atoms with Crippen LogP contribution in [0.4, 0.5) is 4.39 Å². The van der Waals surface area contributed by atoms with E-state index in [1.54, 1.807) is 12.1 Å². The molecule has 0 fully saturated rings. The van der Waals surface area contributed by atoms with E-state index in [2.05, 4.69) is 5.32 Å². The molecule has 7 heteroatoms. The van der Waals surface area contributed by atoms with Crippen LogP contribution in [0.15, 0.2) is 70.2 Å². The predicted octanol–water partition coefficient (Wildman–Crippen LogP) is 2.42. The molecule has 26 heavy (non-hydrogen) atoms. The van der Waals surface area contributed by atoms with Crippen molar-refractivity contribution in [1.82, 2.24) is 9.88 Å². The Hall–Kier alpha value is -3.19.